The van der Waals surface area contributed by atoms with Gasteiger partial charge in [-0.1, -0.05) is 13.3 Å². The maximum absolute atomic E-state index is 3.95. The Morgan fingerprint density at radius 2 is 1.40 bits per heavy atom. The molecule has 0 saturated carbocycles. The molecule has 2 N–H and O–H groups in total. The molecule has 1 aliphatic heterocycles. The maximum atomic E-state index is 3.95. The zero-order valence-electron chi connectivity index (χ0n) is 5.89. The molecule has 1 heterocycles. The predicted molar refractivity (Wildman–Crippen MR) is 45.1 cm³/mol. The van der Waals surface area contributed by atoms with Crippen LogP contribution in [0.1, 0.15) is 0 Å². The first-order chi connectivity index (χ1) is 3.00. The third kappa shape index (κ3) is 11.9. The van der Waals surface area contributed by atoms with Crippen LogP contribution in [0.3, 0.4) is 0 Å². The summed E-state index contributed by atoms with van der Waals surface area (Å²) in [6.07, 6.45) is 0. The Kier molecular flexibility index (Phi) is 37.4. The van der Waals surface area contributed by atoms with E-state index in [-0.39, 0.29) is 54.0 Å². The van der Waals surface area contributed by atoms with Gasteiger partial charge in [-0.25, -0.2) is 0 Å². The van der Waals surface area contributed by atoms with Crippen molar-refractivity contribution in [2.24, 2.45) is 0 Å². The minimum atomic E-state index is 0. The zero-order valence-corrected chi connectivity index (χ0v) is 9.08. The first-order valence-corrected chi connectivity index (χ1v) is 2.05. The van der Waals surface area contributed by atoms with Crippen LogP contribution in [-0.2, 0) is 21.7 Å². The van der Waals surface area contributed by atoms with E-state index in [1.165, 1.54) is 0 Å². The van der Waals surface area contributed by atoms with Gasteiger partial charge in [-0.05, 0) is 0 Å². The van der Waals surface area contributed by atoms with Crippen molar-refractivity contribution in [1.29, 1.82) is 0 Å². The van der Waals surface area contributed by atoms with E-state index < -0.39 is 0 Å². The molecular weight excluding hydrogens is 209 g/mol. The van der Waals surface area contributed by atoms with Gasteiger partial charge in [0.15, 0.2) is 0 Å². The van der Waals surface area contributed by atoms with Gasteiger partial charge in [0.1, 0.15) is 0 Å². The average molecular weight is 222 g/mol. The summed E-state index contributed by atoms with van der Waals surface area (Å²) in [5.74, 6) is 0. The van der Waals surface area contributed by atoms with E-state index in [2.05, 4.69) is 16.0 Å². The van der Waals surface area contributed by atoms with Crippen molar-refractivity contribution in [1.82, 2.24) is 10.6 Å². The van der Waals surface area contributed by atoms with Crippen molar-refractivity contribution in [3.05, 3.63) is 12.7 Å². The van der Waals surface area contributed by atoms with Crippen LogP contribution < -0.4 is 10.6 Å². The third-order valence-corrected chi connectivity index (χ3v) is 0.697. The van der Waals surface area contributed by atoms with Gasteiger partial charge in [-0.2, -0.15) is 0 Å². The Morgan fingerprint density at radius 1 is 1.00 bits per heavy atom. The second-order valence-electron chi connectivity index (χ2n) is 1.22. The molecule has 1 rings (SSSR count). The summed E-state index contributed by atoms with van der Waals surface area (Å²) in [5.41, 5.74) is 0. The number of rotatable bonds is 0. The normalized spacial score (nSPS) is 14.4. The zero-order chi connectivity index (χ0) is 4.24. The van der Waals surface area contributed by atoms with E-state index in [9.17, 15) is 0 Å². The van der Waals surface area contributed by atoms with Crippen LogP contribution in [0.2, 0.25) is 0 Å². The molecule has 0 atom stereocenters. The van der Waals surface area contributed by atoms with Gasteiger partial charge < -0.3 is 23.4 Å². The fourth-order valence-corrected chi connectivity index (χ4v) is 0.414. The number of halogens is 2. The van der Waals surface area contributed by atoms with E-state index in [4.69, 9.17) is 0 Å². The van der Waals surface area contributed by atoms with Crippen molar-refractivity contribution in [2.75, 3.05) is 20.0 Å². The predicted octanol–water partition coefficient (Wildman–Crippen LogP) is 0.717. The topological polar surface area (TPSA) is 38.2 Å². The SMILES string of the molecule is C1[N-]CNCN1.Cl.Cl.[CH3-].[Ti+2]. The van der Waals surface area contributed by atoms with Crippen molar-refractivity contribution in [3.63, 3.8) is 0 Å². The third-order valence-electron chi connectivity index (χ3n) is 0.697. The molecule has 0 radical (unpaired) electrons. The Hall–Kier alpha value is 1.17. The van der Waals surface area contributed by atoms with Gasteiger partial charge in [0.2, 0.25) is 0 Å². The Balaban J connectivity index is -0.0000000450. The molecule has 0 amide bonds. The molecule has 0 aromatic heterocycles. The van der Waals surface area contributed by atoms with Crippen LogP contribution in [0.15, 0.2) is 0 Å². The summed E-state index contributed by atoms with van der Waals surface area (Å²) in [6, 6.07) is 0. The van der Waals surface area contributed by atoms with Crippen LogP contribution in [0.5, 0.6) is 0 Å². The number of nitrogens with one attached hydrogen (secondary N) is 2. The second kappa shape index (κ2) is 16.6. The van der Waals surface area contributed by atoms with Gasteiger partial charge in [-0.15, -0.1) is 24.8 Å². The molecule has 1 fully saturated rings. The first kappa shape index (κ1) is 22.5. The largest absolute Gasteiger partial charge is 2.00 e. The molecule has 0 aliphatic carbocycles. The molecule has 0 aromatic rings. The molecular formula is C4H13Cl2N3Ti. The summed E-state index contributed by atoms with van der Waals surface area (Å²) < 4.78 is 0. The van der Waals surface area contributed by atoms with Crippen molar-refractivity contribution >= 4 is 24.8 Å². The second-order valence-corrected chi connectivity index (χ2v) is 1.22. The van der Waals surface area contributed by atoms with Crippen LogP contribution in [0, 0.1) is 7.43 Å². The first-order valence-electron chi connectivity index (χ1n) is 2.05. The number of hydrogen-bond acceptors (Lipinski definition) is 2. The summed E-state index contributed by atoms with van der Waals surface area (Å²) >= 11 is 0. The van der Waals surface area contributed by atoms with Crippen molar-refractivity contribution in [3.8, 4) is 0 Å². The van der Waals surface area contributed by atoms with E-state index >= 15 is 0 Å². The molecule has 1 saturated heterocycles. The number of hydrogen-bond donors (Lipinski definition) is 2. The van der Waals surface area contributed by atoms with Gasteiger partial charge in [0.05, 0.1) is 0 Å². The van der Waals surface area contributed by atoms with Gasteiger partial charge in [-0.3, -0.25) is 0 Å². The minimum absolute atomic E-state index is 0. The van der Waals surface area contributed by atoms with Crippen LogP contribution in [-0.4, -0.2) is 20.0 Å². The Bertz CT molecular complexity index is 34.0. The fraction of sp³-hybridized carbons (Fsp3) is 0.750. The molecule has 0 bridgehead atoms. The van der Waals surface area contributed by atoms with E-state index in [1.807, 2.05) is 0 Å². The monoisotopic (exact) mass is 221 g/mol. The molecule has 10 heavy (non-hydrogen) atoms. The fourth-order valence-electron chi connectivity index (χ4n) is 0.414. The quantitative estimate of drug-likeness (QED) is 0.468. The average Bonchev–Trinajstić information content (AvgIpc) is 1.72. The van der Waals surface area contributed by atoms with Gasteiger partial charge in [0, 0.05) is 6.67 Å². The molecule has 6 heteroatoms. The van der Waals surface area contributed by atoms with Crippen molar-refractivity contribution < 1.29 is 21.7 Å². The molecule has 3 nitrogen and oxygen atoms in total. The smallest absolute Gasteiger partial charge is 0.638 e. The van der Waals surface area contributed by atoms with Gasteiger partial charge in [0.25, 0.3) is 0 Å². The summed E-state index contributed by atoms with van der Waals surface area (Å²) in [7, 11) is 0. The standard InChI is InChI=1S/C3H8N3.CH3.2ClH.Ti/c1-4-2-6-3-5-1;;;;/h4-5H,1-3H2;1H3;2*1H;/q2*-1;;;+2. The van der Waals surface area contributed by atoms with Crippen molar-refractivity contribution in [2.45, 2.75) is 0 Å². The van der Waals surface area contributed by atoms with Crippen LogP contribution in [0.4, 0.5) is 0 Å². The number of nitrogens with zero attached hydrogens (tertiary/aromatic N) is 1. The summed E-state index contributed by atoms with van der Waals surface area (Å²) in [6.45, 7) is 2.53. The molecule has 0 unspecified atom stereocenters. The van der Waals surface area contributed by atoms with E-state index in [0.717, 1.165) is 20.0 Å². The molecule has 0 spiro atoms. The van der Waals surface area contributed by atoms with Crippen LogP contribution in [0.25, 0.3) is 5.32 Å². The van der Waals surface area contributed by atoms with E-state index in [1.54, 1.807) is 0 Å². The Labute approximate surface area is 89.8 Å². The molecule has 62 valence electrons. The summed E-state index contributed by atoms with van der Waals surface area (Å²) in [5, 5.41) is 9.97. The van der Waals surface area contributed by atoms with E-state index in [0.29, 0.717) is 0 Å². The Morgan fingerprint density at radius 3 is 1.50 bits per heavy atom. The van der Waals surface area contributed by atoms with Gasteiger partial charge >= 0.3 is 21.7 Å². The van der Waals surface area contributed by atoms with Crippen LogP contribution >= 0.6 is 24.8 Å². The maximum Gasteiger partial charge on any atom is 2.00 e. The summed E-state index contributed by atoms with van der Waals surface area (Å²) in [4.78, 5) is 0. The molecule has 0 aromatic carbocycles. The minimum Gasteiger partial charge on any atom is -0.638 e. The molecule has 1 aliphatic rings.